The minimum absolute atomic E-state index is 0.161. The summed E-state index contributed by atoms with van der Waals surface area (Å²) in [4.78, 5) is 0. The number of nitrogens with zero attached hydrogens (tertiary/aromatic N) is 2. The van der Waals surface area contributed by atoms with Crippen LogP contribution in [0.25, 0.3) is 11.8 Å². The fraction of sp³-hybridized carbons (Fsp3) is 0.312. The highest BCUT2D eigenvalue weighted by Gasteiger charge is 2.05. The number of hydrogen-bond donors (Lipinski definition) is 1. The molecule has 3 nitrogen and oxygen atoms in total. The Morgan fingerprint density at radius 3 is 2.53 bits per heavy atom. The van der Waals surface area contributed by atoms with Crippen molar-refractivity contribution >= 4 is 6.08 Å². The zero-order valence-electron chi connectivity index (χ0n) is 11.8. The molecule has 1 heterocycles. The van der Waals surface area contributed by atoms with E-state index in [0.717, 1.165) is 12.2 Å². The third kappa shape index (κ3) is 4.38. The Morgan fingerprint density at radius 1 is 1.21 bits per heavy atom. The largest absolute Gasteiger partial charge is 0.309 e. The lowest BCUT2D eigenvalue weighted by Crippen LogP contribution is -2.35. The quantitative estimate of drug-likeness (QED) is 0.908. The van der Waals surface area contributed by atoms with Crippen molar-refractivity contribution < 1.29 is 0 Å². The molecular weight excluding hydrogens is 234 g/mol. The lowest BCUT2D eigenvalue weighted by Gasteiger charge is -2.18. The van der Waals surface area contributed by atoms with E-state index in [1.165, 1.54) is 5.56 Å². The van der Waals surface area contributed by atoms with Crippen LogP contribution in [0, 0.1) is 0 Å². The number of aromatic nitrogens is 2. The average Bonchev–Trinajstić information content (AvgIpc) is 2.88. The Morgan fingerprint density at radius 2 is 1.95 bits per heavy atom. The summed E-state index contributed by atoms with van der Waals surface area (Å²) < 4.78 is 1.86. The van der Waals surface area contributed by atoms with Crippen molar-refractivity contribution in [2.75, 3.05) is 6.54 Å². The zero-order chi connectivity index (χ0) is 13.7. The molecule has 19 heavy (non-hydrogen) atoms. The molecule has 0 amide bonds. The van der Waals surface area contributed by atoms with Crippen molar-refractivity contribution in [3.63, 3.8) is 0 Å². The molecule has 0 aliphatic rings. The summed E-state index contributed by atoms with van der Waals surface area (Å²) in [6, 6.07) is 10.3. The third-order valence-corrected chi connectivity index (χ3v) is 2.72. The minimum Gasteiger partial charge on any atom is -0.309 e. The first kappa shape index (κ1) is 13.6. The summed E-state index contributed by atoms with van der Waals surface area (Å²) in [5.74, 6) is 0. The van der Waals surface area contributed by atoms with Gasteiger partial charge in [0.1, 0.15) is 0 Å². The van der Waals surface area contributed by atoms with E-state index < -0.39 is 0 Å². The highest BCUT2D eigenvalue weighted by molar-refractivity contribution is 5.51. The molecule has 1 aromatic heterocycles. The van der Waals surface area contributed by atoms with Crippen LogP contribution in [0.1, 0.15) is 26.3 Å². The number of rotatable bonds is 4. The number of nitrogens with one attached hydrogen (secondary N) is 1. The zero-order valence-corrected chi connectivity index (χ0v) is 11.8. The first-order valence-corrected chi connectivity index (χ1v) is 6.56. The van der Waals surface area contributed by atoms with Crippen LogP contribution in [0.15, 0.2) is 48.8 Å². The van der Waals surface area contributed by atoms with Crippen molar-refractivity contribution in [2.45, 2.75) is 26.3 Å². The summed E-state index contributed by atoms with van der Waals surface area (Å²) in [5, 5.41) is 7.63. The van der Waals surface area contributed by atoms with Crippen LogP contribution < -0.4 is 5.32 Å². The predicted molar refractivity (Wildman–Crippen MR) is 80.4 cm³/mol. The van der Waals surface area contributed by atoms with E-state index >= 15 is 0 Å². The minimum atomic E-state index is 0.161. The summed E-state index contributed by atoms with van der Waals surface area (Å²) in [6.45, 7) is 7.38. The van der Waals surface area contributed by atoms with Crippen LogP contribution in [0.3, 0.4) is 0 Å². The van der Waals surface area contributed by atoms with Crippen molar-refractivity contribution in [2.24, 2.45) is 0 Å². The van der Waals surface area contributed by atoms with Gasteiger partial charge in [-0.3, -0.25) is 0 Å². The highest BCUT2D eigenvalue weighted by Crippen LogP contribution is 2.09. The predicted octanol–water partition coefficient (Wildman–Crippen LogP) is 3.27. The van der Waals surface area contributed by atoms with E-state index in [2.05, 4.69) is 67.6 Å². The maximum Gasteiger partial charge on any atom is 0.0645 e. The summed E-state index contributed by atoms with van der Waals surface area (Å²) in [6.07, 6.45) is 8.00. The standard InChI is InChI=1S/C16H21N3/c1-16(2,3)17-11-4-6-14-7-9-15(10-8-14)19-13-5-12-18-19/h4-10,12-13,17H,11H2,1-3H3. The van der Waals surface area contributed by atoms with Gasteiger partial charge in [0.2, 0.25) is 0 Å². The molecule has 2 rings (SSSR count). The smallest absolute Gasteiger partial charge is 0.0645 e. The summed E-state index contributed by atoms with van der Waals surface area (Å²) >= 11 is 0. The van der Waals surface area contributed by atoms with Crippen LogP contribution >= 0.6 is 0 Å². The van der Waals surface area contributed by atoms with E-state index in [4.69, 9.17) is 0 Å². The lowest BCUT2D eigenvalue weighted by molar-refractivity contribution is 0.450. The molecule has 1 N–H and O–H groups in total. The van der Waals surface area contributed by atoms with E-state index in [-0.39, 0.29) is 5.54 Å². The molecule has 0 saturated carbocycles. The van der Waals surface area contributed by atoms with Crippen LogP contribution in [0.2, 0.25) is 0 Å². The Kier molecular flexibility index (Phi) is 4.17. The Balaban J connectivity index is 1.94. The maximum absolute atomic E-state index is 4.21. The first-order valence-electron chi connectivity index (χ1n) is 6.56. The Bertz CT molecular complexity index is 516. The number of benzene rings is 1. The molecule has 0 spiro atoms. The second-order valence-electron chi connectivity index (χ2n) is 5.58. The van der Waals surface area contributed by atoms with Gasteiger partial charge in [0.25, 0.3) is 0 Å². The molecule has 3 heteroatoms. The van der Waals surface area contributed by atoms with Gasteiger partial charge in [0.15, 0.2) is 0 Å². The Hall–Kier alpha value is -1.87. The summed E-state index contributed by atoms with van der Waals surface area (Å²) in [7, 11) is 0. The molecule has 0 atom stereocenters. The van der Waals surface area contributed by atoms with E-state index in [0.29, 0.717) is 0 Å². The van der Waals surface area contributed by atoms with Crippen LogP contribution in [0.5, 0.6) is 0 Å². The molecule has 0 aliphatic heterocycles. The normalized spacial score (nSPS) is 12.2. The molecule has 0 unspecified atom stereocenters. The van der Waals surface area contributed by atoms with Crippen LogP contribution in [-0.2, 0) is 0 Å². The fourth-order valence-corrected chi connectivity index (χ4v) is 1.72. The fourth-order valence-electron chi connectivity index (χ4n) is 1.72. The van der Waals surface area contributed by atoms with Gasteiger partial charge < -0.3 is 5.32 Å². The van der Waals surface area contributed by atoms with E-state index in [1.807, 2.05) is 16.9 Å². The van der Waals surface area contributed by atoms with Crippen molar-refractivity contribution in [1.82, 2.24) is 15.1 Å². The molecule has 0 radical (unpaired) electrons. The molecule has 100 valence electrons. The third-order valence-electron chi connectivity index (χ3n) is 2.72. The van der Waals surface area contributed by atoms with Gasteiger partial charge in [-0.25, -0.2) is 4.68 Å². The molecule has 0 saturated heterocycles. The lowest BCUT2D eigenvalue weighted by atomic mass is 10.1. The van der Waals surface area contributed by atoms with E-state index in [9.17, 15) is 0 Å². The topological polar surface area (TPSA) is 29.9 Å². The maximum atomic E-state index is 4.21. The monoisotopic (exact) mass is 255 g/mol. The van der Waals surface area contributed by atoms with Crippen LogP contribution in [-0.4, -0.2) is 21.9 Å². The van der Waals surface area contributed by atoms with Gasteiger partial charge in [0.05, 0.1) is 5.69 Å². The van der Waals surface area contributed by atoms with Gasteiger partial charge in [-0.2, -0.15) is 5.10 Å². The first-order chi connectivity index (χ1) is 9.04. The molecule has 1 aromatic carbocycles. The molecule has 2 aromatic rings. The van der Waals surface area contributed by atoms with Crippen LogP contribution in [0.4, 0.5) is 0 Å². The molecular formula is C16H21N3. The molecule has 0 fully saturated rings. The van der Waals surface area contributed by atoms with Crippen molar-refractivity contribution in [3.8, 4) is 5.69 Å². The Labute approximate surface area is 115 Å². The van der Waals surface area contributed by atoms with Crippen molar-refractivity contribution in [1.29, 1.82) is 0 Å². The van der Waals surface area contributed by atoms with Gasteiger partial charge in [-0.1, -0.05) is 24.3 Å². The SMILES string of the molecule is CC(C)(C)NCC=Cc1ccc(-n2cccn2)cc1. The number of hydrogen-bond acceptors (Lipinski definition) is 2. The van der Waals surface area contributed by atoms with E-state index in [1.54, 1.807) is 6.20 Å². The molecule has 0 aliphatic carbocycles. The highest BCUT2D eigenvalue weighted by atomic mass is 15.3. The van der Waals surface area contributed by atoms with Gasteiger partial charge in [0, 0.05) is 24.5 Å². The second kappa shape index (κ2) is 5.85. The average molecular weight is 255 g/mol. The summed E-state index contributed by atoms with van der Waals surface area (Å²) in [5.41, 5.74) is 2.44. The second-order valence-corrected chi connectivity index (χ2v) is 5.58. The van der Waals surface area contributed by atoms with Gasteiger partial charge >= 0.3 is 0 Å². The van der Waals surface area contributed by atoms with Gasteiger partial charge in [-0.05, 0) is 44.5 Å². The van der Waals surface area contributed by atoms with Gasteiger partial charge in [-0.15, -0.1) is 0 Å². The van der Waals surface area contributed by atoms with Crippen molar-refractivity contribution in [3.05, 3.63) is 54.4 Å². The molecule has 0 bridgehead atoms.